The molecule has 0 aromatic heterocycles. The number of para-hydroxylation sites is 1. The summed E-state index contributed by atoms with van der Waals surface area (Å²) < 4.78 is 18.9. The van der Waals surface area contributed by atoms with Crippen LogP contribution in [0.3, 0.4) is 0 Å². The fraction of sp³-hybridized carbons (Fsp3) is 0.600. The van der Waals surface area contributed by atoms with Gasteiger partial charge in [-0.3, -0.25) is 0 Å². The zero-order valence-corrected chi connectivity index (χ0v) is 11.1. The molecular formula is C15H23FO2. The fourth-order valence-electron chi connectivity index (χ4n) is 1.90. The molecular weight excluding hydrogens is 231 g/mol. The van der Waals surface area contributed by atoms with Crippen LogP contribution in [-0.2, 0) is 6.61 Å². The average molecular weight is 254 g/mol. The minimum atomic E-state index is -0.396. The maximum Gasteiger partial charge on any atom is 0.165 e. The predicted molar refractivity (Wildman–Crippen MR) is 71.2 cm³/mol. The van der Waals surface area contributed by atoms with E-state index in [9.17, 15) is 4.39 Å². The van der Waals surface area contributed by atoms with E-state index < -0.39 is 5.82 Å². The van der Waals surface area contributed by atoms with Crippen LogP contribution in [0.2, 0.25) is 0 Å². The Balaban J connectivity index is 2.26. The Morgan fingerprint density at radius 2 is 1.83 bits per heavy atom. The van der Waals surface area contributed by atoms with Crippen LogP contribution < -0.4 is 4.74 Å². The molecule has 1 aromatic carbocycles. The van der Waals surface area contributed by atoms with Gasteiger partial charge in [0, 0.05) is 5.56 Å². The van der Waals surface area contributed by atoms with Crippen LogP contribution >= 0.6 is 0 Å². The van der Waals surface area contributed by atoms with Crippen molar-refractivity contribution in [1.82, 2.24) is 0 Å². The standard InChI is InChI=1S/C15H23FO2/c1-2-3-4-5-6-7-11-18-15-13(12-17)9-8-10-14(15)16/h8-10,17H,2-7,11-12H2,1H3. The fourth-order valence-corrected chi connectivity index (χ4v) is 1.90. The van der Waals surface area contributed by atoms with E-state index in [0.717, 1.165) is 12.8 Å². The van der Waals surface area contributed by atoms with E-state index in [-0.39, 0.29) is 12.4 Å². The molecule has 0 amide bonds. The summed E-state index contributed by atoms with van der Waals surface area (Å²) >= 11 is 0. The number of unbranched alkanes of at least 4 members (excludes halogenated alkanes) is 5. The maximum atomic E-state index is 13.5. The molecule has 0 atom stereocenters. The largest absolute Gasteiger partial charge is 0.490 e. The minimum absolute atomic E-state index is 0.191. The molecule has 1 N–H and O–H groups in total. The first kappa shape index (κ1) is 15.0. The second-order valence-electron chi connectivity index (χ2n) is 4.50. The highest BCUT2D eigenvalue weighted by molar-refractivity contribution is 5.34. The lowest BCUT2D eigenvalue weighted by molar-refractivity contribution is 0.252. The highest BCUT2D eigenvalue weighted by Gasteiger charge is 2.08. The summed E-state index contributed by atoms with van der Waals surface area (Å²) in [4.78, 5) is 0. The summed E-state index contributed by atoms with van der Waals surface area (Å²) in [7, 11) is 0. The lowest BCUT2D eigenvalue weighted by atomic mass is 10.1. The van der Waals surface area contributed by atoms with Gasteiger partial charge in [0.1, 0.15) is 0 Å². The molecule has 0 unspecified atom stereocenters. The smallest absolute Gasteiger partial charge is 0.165 e. The topological polar surface area (TPSA) is 29.5 Å². The van der Waals surface area contributed by atoms with E-state index in [1.807, 2.05) is 0 Å². The molecule has 0 heterocycles. The number of hydrogen-bond acceptors (Lipinski definition) is 2. The van der Waals surface area contributed by atoms with E-state index in [4.69, 9.17) is 9.84 Å². The van der Waals surface area contributed by atoms with Crippen molar-refractivity contribution in [2.45, 2.75) is 52.1 Å². The number of rotatable bonds is 9. The SMILES string of the molecule is CCCCCCCCOc1c(F)cccc1CO. The maximum absolute atomic E-state index is 13.5. The third-order valence-corrected chi connectivity index (χ3v) is 2.96. The van der Waals surface area contributed by atoms with Gasteiger partial charge in [0.25, 0.3) is 0 Å². The Kier molecular flexibility index (Phi) is 7.42. The molecule has 0 aliphatic heterocycles. The Bertz CT molecular complexity index is 339. The second kappa shape index (κ2) is 8.92. The molecule has 0 spiro atoms. The number of aliphatic hydroxyl groups is 1. The normalized spacial score (nSPS) is 10.6. The number of ether oxygens (including phenoxy) is 1. The first-order valence-corrected chi connectivity index (χ1v) is 6.80. The molecule has 2 nitrogen and oxygen atoms in total. The van der Waals surface area contributed by atoms with Gasteiger partial charge < -0.3 is 9.84 Å². The van der Waals surface area contributed by atoms with Crippen molar-refractivity contribution in [2.24, 2.45) is 0 Å². The molecule has 18 heavy (non-hydrogen) atoms. The van der Waals surface area contributed by atoms with E-state index in [0.29, 0.717) is 12.2 Å². The van der Waals surface area contributed by atoms with Crippen LogP contribution in [0.15, 0.2) is 18.2 Å². The molecule has 102 valence electrons. The average Bonchev–Trinajstić information content (AvgIpc) is 2.39. The number of aliphatic hydroxyl groups excluding tert-OH is 1. The molecule has 0 saturated carbocycles. The van der Waals surface area contributed by atoms with Crippen LogP contribution in [0.5, 0.6) is 5.75 Å². The molecule has 1 rings (SSSR count). The summed E-state index contributed by atoms with van der Waals surface area (Å²) in [5.74, 6) is -0.193. The highest BCUT2D eigenvalue weighted by Crippen LogP contribution is 2.23. The third kappa shape index (κ3) is 5.05. The van der Waals surface area contributed by atoms with Gasteiger partial charge in [-0.25, -0.2) is 4.39 Å². The molecule has 0 saturated heterocycles. The van der Waals surface area contributed by atoms with Crippen molar-refractivity contribution in [3.63, 3.8) is 0 Å². The van der Waals surface area contributed by atoms with Crippen molar-refractivity contribution in [3.8, 4) is 5.75 Å². The second-order valence-corrected chi connectivity index (χ2v) is 4.50. The lowest BCUT2D eigenvalue weighted by Gasteiger charge is -2.10. The van der Waals surface area contributed by atoms with Crippen LogP contribution in [0.1, 0.15) is 51.0 Å². The Hall–Kier alpha value is -1.09. The van der Waals surface area contributed by atoms with Crippen LogP contribution in [0, 0.1) is 5.82 Å². The number of halogens is 1. The highest BCUT2D eigenvalue weighted by atomic mass is 19.1. The first-order valence-electron chi connectivity index (χ1n) is 6.80. The summed E-state index contributed by atoms with van der Waals surface area (Å²) in [6.07, 6.45) is 7.04. The van der Waals surface area contributed by atoms with Crippen LogP contribution in [-0.4, -0.2) is 11.7 Å². The molecule has 0 aliphatic carbocycles. The third-order valence-electron chi connectivity index (χ3n) is 2.96. The Labute approximate surface area is 109 Å². The van der Waals surface area contributed by atoms with Gasteiger partial charge >= 0.3 is 0 Å². The van der Waals surface area contributed by atoms with Crippen molar-refractivity contribution in [1.29, 1.82) is 0 Å². The van der Waals surface area contributed by atoms with Gasteiger partial charge in [0.15, 0.2) is 11.6 Å². The first-order chi connectivity index (χ1) is 8.79. The molecule has 0 bridgehead atoms. The van der Waals surface area contributed by atoms with Crippen LogP contribution in [0.4, 0.5) is 4.39 Å². The molecule has 3 heteroatoms. The van der Waals surface area contributed by atoms with Gasteiger partial charge in [-0.15, -0.1) is 0 Å². The molecule has 0 fully saturated rings. The van der Waals surface area contributed by atoms with E-state index in [2.05, 4.69) is 6.92 Å². The van der Waals surface area contributed by atoms with E-state index >= 15 is 0 Å². The molecule has 1 aromatic rings. The van der Waals surface area contributed by atoms with E-state index in [1.165, 1.54) is 31.7 Å². The Morgan fingerprint density at radius 1 is 1.11 bits per heavy atom. The summed E-state index contributed by atoms with van der Waals surface area (Å²) in [6.45, 7) is 2.52. The van der Waals surface area contributed by atoms with Crippen LogP contribution in [0.25, 0.3) is 0 Å². The van der Waals surface area contributed by atoms with Gasteiger partial charge in [-0.05, 0) is 12.5 Å². The summed E-state index contributed by atoms with van der Waals surface area (Å²) in [5.41, 5.74) is 0.515. The van der Waals surface area contributed by atoms with Gasteiger partial charge in [0.05, 0.1) is 13.2 Å². The predicted octanol–water partition coefficient (Wildman–Crippen LogP) is 4.06. The van der Waals surface area contributed by atoms with E-state index in [1.54, 1.807) is 12.1 Å². The number of hydrogen-bond donors (Lipinski definition) is 1. The summed E-state index contributed by atoms with van der Waals surface area (Å²) in [6, 6.07) is 4.62. The van der Waals surface area contributed by atoms with Crippen molar-refractivity contribution < 1.29 is 14.2 Å². The number of benzene rings is 1. The summed E-state index contributed by atoms with van der Waals surface area (Å²) in [5, 5.41) is 9.10. The quantitative estimate of drug-likeness (QED) is 0.673. The lowest BCUT2D eigenvalue weighted by Crippen LogP contribution is -2.02. The van der Waals surface area contributed by atoms with Gasteiger partial charge in [0.2, 0.25) is 0 Å². The Morgan fingerprint density at radius 3 is 2.56 bits per heavy atom. The van der Waals surface area contributed by atoms with Crippen molar-refractivity contribution in [2.75, 3.05) is 6.61 Å². The van der Waals surface area contributed by atoms with Gasteiger partial charge in [-0.2, -0.15) is 0 Å². The van der Waals surface area contributed by atoms with Gasteiger partial charge in [-0.1, -0.05) is 51.2 Å². The molecule has 0 aliphatic rings. The molecule has 0 radical (unpaired) electrons. The zero-order valence-electron chi connectivity index (χ0n) is 11.1. The monoisotopic (exact) mass is 254 g/mol. The minimum Gasteiger partial charge on any atom is -0.490 e. The van der Waals surface area contributed by atoms with Crippen molar-refractivity contribution >= 4 is 0 Å². The van der Waals surface area contributed by atoms with Crippen molar-refractivity contribution in [3.05, 3.63) is 29.6 Å². The zero-order chi connectivity index (χ0) is 13.2.